The minimum Gasteiger partial charge on any atom is -0.452 e. The molecule has 2 unspecified atom stereocenters. The average Bonchev–Trinajstić information content (AvgIpc) is 2.81. The highest BCUT2D eigenvalue weighted by Gasteiger charge is 2.44. The molecule has 2 N–H and O–H groups in total. The van der Waals surface area contributed by atoms with Crippen LogP contribution in [0.1, 0.15) is 12.0 Å². The van der Waals surface area contributed by atoms with Gasteiger partial charge < -0.3 is 25.0 Å². The lowest BCUT2D eigenvalue weighted by molar-refractivity contribution is -0.206. The van der Waals surface area contributed by atoms with Gasteiger partial charge in [0.05, 0.1) is 24.5 Å². The summed E-state index contributed by atoms with van der Waals surface area (Å²) >= 11 is 0. The van der Waals surface area contributed by atoms with Crippen molar-refractivity contribution < 1.29 is 36.6 Å². The van der Waals surface area contributed by atoms with Crippen LogP contribution < -0.4 is 20.3 Å². The maximum atomic E-state index is 14.2. The third-order valence-electron chi connectivity index (χ3n) is 5.42. The van der Waals surface area contributed by atoms with Crippen molar-refractivity contribution in [3.05, 3.63) is 71.9 Å². The van der Waals surface area contributed by atoms with E-state index in [0.29, 0.717) is 23.5 Å². The van der Waals surface area contributed by atoms with E-state index < -0.39 is 36.0 Å². The number of alkyl halides is 3. The van der Waals surface area contributed by atoms with Gasteiger partial charge in [-0.15, -0.1) is 0 Å². The topological polar surface area (TPSA) is 79.9 Å². The molecule has 0 aliphatic carbocycles. The Labute approximate surface area is 192 Å². The quantitative estimate of drug-likeness (QED) is 0.507. The Kier molecular flexibility index (Phi) is 6.73. The van der Waals surface area contributed by atoms with Crippen LogP contribution in [-0.4, -0.2) is 43.3 Å². The van der Waals surface area contributed by atoms with Crippen molar-refractivity contribution in [3.8, 4) is 5.75 Å². The molecule has 34 heavy (non-hydrogen) atoms. The molecular formula is C23H21F4N3O4. The predicted molar refractivity (Wildman–Crippen MR) is 113 cm³/mol. The van der Waals surface area contributed by atoms with Crippen LogP contribution in [0.5, 0.6) is 5.75 Å². The smallest absolute Gasteiger partial charge is 0.452 e. The molecule has 0 saturated carbocycles. The van der Waals surface area contributed by atoms with Gasteiger partial charge in [-0.2, -0.15) is 13.2 Å². The normalized spacial score (nSPS) is 20.0. The van der Waals surface area contributed by atoms with Gasteiger partial charge in [-0.05, 0) is 31.2 Å². The third kappa shape index (κ3) is 5.30. The summed E-state index contributed by atoms with van der Waals surface area (Å²) in [6, 6.07) is 12.2. The largest absolute Gasteiger partial charge is 0.490 e. The van der Waals surface area contributed by atoms with Crippen LogP contribution in [0.3, 0.4) is 0 Å². The number of piperidine rings is 1. The zero-order chi connectivity index (χ0) is 24.3. The predicted octanol–water partition coefficient (Wildman–Crippen LogP) is 3.02. The summed E-state index contributed by atoms with van der Waals surface area (Å²) in [5, 5.41) is 5.45. The van der Waals surface area contributed by atoms with Crippen molar-refractivity contribution in [2.75, 3.05) is 18.0 Å². The second kappa shape index (κ2) is 9.72. The van der Waals surface area contributed by atoms with Gasteiger partial charge in [0.15, 0.2) is 5.75 Å². The number of hydrogen-bond acceptors (Lipinski definition) is 6. The highest BCUT2D eigenvalue weighted by atomic mass is 19.4. The molecule has 0 spiro atoms. The molecule has 2 atom stereocenters. The van der Waals surface area contributed by atoms with E-state index in [1.54, 1.807) is 47.4 Å². The number of fused-ring (bicyclic) bond motifs is 1. The number of amides is 1. The minimum absolute atomic E-state index is 0.0467. The minimum atomic E-state index is -5.14. The molecular weight excluding hydrogens is 458 g/mol. The zero-order valence-electron chi connectivity index (χ0n) is 17.8. The Balaban J connectivity index is 1.53. The fraction of sp³-hybridized carbons (Fsp3) is 0.304. The molecule has 0 bridgehead atoms. The SMILES string of the molecule is O=C(NC1CCNCC1OC(=O)C(F)(F)F)C1=CN(Cc2ccccc2F)c2ccccc2O1. The van der Waals surface area contributed by atoms with Crippen LogP contribution >= 0.6 is 0 Å². The first-order chi connectivity index (χ1) is 16.2. The number of nitrogens with one attached hydrogen (secondary N) is 2. The molecule has 0 aromatic heterocycles. The Morgan fingerprint density at radius 1 is 1.15 bits per heavy atom. The maximum Gasteiger partial charge on any atom is 0.490 e. The van der Waals surface area contributed by atoms with Crippen molar-refractivity contribution in [3.63, 3.8) is 0 Å². The summed E-state index contributed by atoms with van der Waals surface area (Å²) in [6.07, 6.45) is -4.71. The summed E-state index contributed by atoms with van der Waals surface area (Å²) < 4.78 is 62.4. The fourth-order valence-corrected chi connectivity index (χ4v) is 3.75. The molecule has 2 aromatic carbocycles. The van der Waals surface area contributed by atoms with Crippen molar-refractivity contribution in [1.82, 2.24) is 10.6 Å². The highest BCUT2D eigenvalue weighted by Crippen LogP contribution is 2.35. The summed E-state index contributed by atoms with van der Waals surface area (Å²) in [5.41, 5.74) is 1.01. The first kappa shape index (κ1) is 23.6. The van der Waals surface area contributed by atoms with E-state index in [0.717, 1.165) is 0 Å². The number of carbonyl (C=O) groups excluding carboxylic acids is 2. The lowest BCUT2D eigenvalue weighted by Gasteiger charge is -2.33. The molecule has 180 valence electrons. The molecule has 1 saturated heterocycles. The summed E-state index contributed by atoms with van der Waals surface area (Å²) in [6.45, 7) is 0.477. The second-order valence-electron chi connectivity index (χ2n) is 7.80. The van der Waals surface area contributed by atoms with E-state index in [2.05, 4.69) is 15.4 Å². The van der Waals surface area contributed by atoms with Gasteiger partial charge in [0.2, 0.25) is 5.76 Å². The van der Waals surface area contributed by atoms with E-state index in [4.69, 9.17) is 4.74 Å². The Hall–Kier alpha value is -3.60. The molecule has 2 heterocycles. The van der Waals surface area contributed by atoms with Crippen LogP contribution in [0, 0.1) is 5.82 Å². The lowest BCUT2D eigenvalue weighted by Crippen LogP contribution is -2.55. The molecule has 4 rings (SSSR count). The monoisotopic (exact) mass is 479 g/mol. The average molecular weight is 479 g/mol. The van der Waals surface area contributed by atoms with Gasteiger partial charge in [-0.25, -0.2) is 9.18 Å². The number of benzene rings is 2. The standard InChI is InChI=1S/C23H21F4N3O4/c24-15-6-2-1-5-14(15)12-30-13-20(33-18-8-4-3-7-17(18)30)21(31)29-16-9-10-28-11-19(16)34-22(32)23(25,26)27/h1-8,13,16,19,28H,9-12H2,(H,29,31). The van der Waals surface area contributed by atoms with Crippen molar-refractivity contribution in [2.45, 2.75) is 31.3 Å². The molecule has 7 nitrogen and oxygen atoms in total. The number of ether oxygens (including phenoxy) is 2. The lowest BCUT2D eigenvalue weighted by atomic mass is 10.0. The molecule has 2 aliphatic rings. The number of hydrogen-bond donors (Lipinski definition) is 2. The van der Waals surface area contributed by atoms with Crippen LogP contribution in [-0.2, 0) is 20.9 Å². The van der Waals surface area contributed by atoms with Gasteiger partial charge in [-0.3, -0.25) is 4.79 Å². The molecule has 11 heteroatoms. The highest BCUT2D eigenvalue weighted by molar-refractivity contribution is 5.93. The number of anilines is 1. The maximum absolute atomic E-state index is 14.2. The van der Waals surface area contributed by atoms with E-state index >= 15 is 0 Å². The van der Waals surface area contributed by atoms with Gasteiger partial charge in [0, 0.05) is 12.1 Å². The van der Waals surface area contributed by atoms with Crippen LogP contribution in [0.4, 0.5) is 23.2 Å². The van der Waals surface area contributed by atoms with E-state index in [9.17, 15) is 27.2 Å². The van der Waals surface area contributed by atoms with E-state index in [1.807, 2.05) is 0 Å². The van der Waals surface area contributed by atoms with Crippen molar-refractivity contribution in [2.24, 2.45) is 0 Å². The number of carbonyl (C=O) groups is 2. The summed E-state index contributed by atoms with van der Waals surface area (Å²) in [7, 11) is 0. The Bertz CT molecular complexity index is 1110. The van der Waals surface area contributed by atoms with E-state index in [-0.39, 0.29) is 25.3 Å². The summed E-state index contributed by atoms with van der Waals surface area (Å²) in [5.74, 6) is -3.20. The van der Waals surface area contributed by atoms with Gasteiger partial charge >= 0.3 is 12.1 Å². The molecule has 2 aromatic rings. The second-order valence-corrected chi connectivity index (χ2v) is 7.80. The summed E-state index contributed by atoms with van der Waals surface area (Å²) in [4.78, 5) is 25.9. The first-order valence-corrected chi connectivity index (χ1v) is 10.5. The third-order valence-corrected chi connectivity index (χ3v) is 5.42. The Morgan fingerprint density at radius 3 is 2.65 bits per heavy atom. The number of rotatable bonds is 5. The molecule has 1 fully saturated rings. The number of esters is 1. The van der Waals surface area contributed by atoms with Crippen molar-refractivity contribution >= 4 is 17.6 Å². The zero-order valence-corrected chi connectivity index (χ0v) is 17.8. The van der Waals surface area contributed by atoms with Gasteiger partial charge in [0.25, 0.3) is 5.91 Å². The van der Waals surface area contributed by atoms with Crippen molar-refractivity contribution in [1.29, 1.82) is 0 Å². The van der Waals surface area contributed by atoms with Crippen LogP contribution in [0.15, 0.2) is 60.5 Å². The molecule has 2 aliphatic heterocycles. The van der Waals surface area contributed by atoms with Gasteiger partial charge in [-0.1, -0.05) is 30.3 Å². The number of nitrogens with zero attached hydrogens (tertiary/aromatic N) is 1. The number of halogens is 4. The van der Waals surface area contributed by atoms with E-state index in [1.165, 1.54) is 12.3 Å². The van der Waals surface area contributed by atoms with Gasteiger partial charge in [0.1, 0.15) is 11.9 Å². The fourth-order valence-electron chi connectivity index (χ4n) is 3.75. The van der Waals surface area contributed by atoms with Crippen LogP contribution in [0.2, 0.25) is 0 Å². The van der Waals surface area contributed by atoms with Crippen LogP contribution in [0.25, 0.3) is 0 Å². The Morgan fingerprint density at radius 2 is 1.88 bits per heavy atom. The number of para-hydroxylation sites is 2. The molecule has 0 radical (unpaired) electrons. The first-order valence-electron chi connectivity index (χ1n) is 10.5. The molecule has 1 amide bonds.